The third-order valence-electron chi connectivity index (χ3n) is 6.15. The van der Waals surface area contributed by atoms with E-state index < -0.39 is 32.6 Å². The molecule has 31 heavy (non-hydrogen) atoms. The van der Waals surface area contributed by atoms with Gasteiger partial charge in [-0.3, -0.25) is 10.2 Å². The predicted molar refractivity (Wildman–Crippen MR) is 111 cm³/mol. The van der Waals surface area contributed by atoms with Gasteiger partial charge in [0.25, 0.3) is 5.91 Å². The Kier molecular flexibility index (Phi) is 4.91. The standard InChI is InChI=1S/C20H23F2N5O3S/c1-19(2)17(23)25-20(11-31(19,29)30)8-3-4-12-5-6-13(10-14(12)20)24-16(28)15-7-9-27(26-15)18(21)22/h5-7,9-10,18H,3-4,8,11H2,1-2H3,(H2,23,25)(H,24,28)/t20-/m0/s1. The molecule has 2 aromatic rings. The number of anilines is 1. The van der Waals surface area contributed by atoms with Crippen molar-refractivity contribution in [2.75, 3.05) is 11.1 Å². The van der Waals surface area contributed by atoms with E-state index in [4.69, 9.17) is 5.41 Å². The molecular formula is C20H23F2N5O3S. The first-order valence-electron chi connectivity index (χ1n) is 9.83. The molecule has 0 unspecified atom stereocenters. The summed E-state index contributed by atoms with van der Waals surface area (Å²) in [5.41, 5.74) is 0.957. The van der Waals surface area contributed by atoms with Gasteiger partial charge >= 0.3 is 6.55 Å². The smallest absolute Gasteiger partial charge is 0.333 e. The van der Waals surface area contributed by atoms with Crippen molar-refractivity contribution in [3.05, 3.63) is 47.3 Å². The highest BCUT2D eigenvalue weighted by molar-refractivity contribution is 7.93. The minimum atomic E-state index is -3.60. The minimum Gasteiger partial charge on any atom is -0.362 e. The Hall–Kier alpha value is -2.82. The number of hydrogen-bond acceptors (Lipinski definition) is 5. The average molecular weight is 451 g/mol. The fraction of sp³-hybridized carbons (Fsp3) is 0.450. The van der Waals surface area contributed by atoms with E-state index in [1.165, 1.54) is 19.9 Å². The molecule has 8 nitrogen and oxygen atoms in total. The number of carbonyl (C=O) groups excluding carboxylic acids is 1. The number of sulfone groups is 1. The van der Waals surface area contributed by atoms with Crippen LogP contribution in [0.4, 0.5) is 14.5 Å². The van der Waals surface area contributed by atoms with Crippen LogP contribution in [0.15, 0.2) is 30.5 Å². The van der Waals surface area contributed by atoms with Gasteiger partial charge in [-0.2, -0.15) is 13.9 Å². The third kappa shape index (κ3) is 3.50. The summed E-state index contributed by atoms with van der Waals surface area (Å²) in [5.74, 6) is -0.862. The van der Waals surface area contributed by atoms with Gasteiger partial charge in [0.2, 0.25) is 0 Å². The van der Waals surface area contributed by atoms with E-state index in [1.54, 1.807) is 12.1 Å². The Bertz CT molecular complexity index is 1180. The molecule has 3 N–H and O–H groups in total. The molecule has 11 heteroatoms. The van der Waals surface area contributed by atoms with Crippen LogP contribution in [-0.4, -0.2) is 40.4 Å². The summed E-state index contributed by atoms with van der Waals surface area (Å²) >= 11 is 0. The maximum absolute atomic E-state index is 13.0. The largest absolute Gasteiger partial charge is 0.362 e. The number of amidine groups is 1. The van der Waals surface area contributed by atoms with Crippen LogP contribution < -0.4 is 10.6 Å². The Balaban J connectivity index is 1.67. The fourth-order valence-corrected chi connectivity index (χ4v) is 5.91. The van der Waals surface area contributed by atoms with E-state index >= 15 is 0 Å². The summed E-state index contributed by atoms with van der Waals surface area (Å²) in [6, 6.07) is 6.40. The second kappa shape index (κ2) is 7.11. The van der Waals surface area contributed by atoms with Crippen molar-refractivity contribution < 1.29 is 22.0 Å². The molecule has 1 aromatic carbocycles. The predicted octanol–water partition coefficient (Wildman–Crippen LogP) is 2.84. The van der Waals surface area contributed by atoms with Crippen LogP contribution >= 0.6 is 0 Å². The van der Waals surface area contributed by atoms with Gasteiger partial charge in [0.15, 0.2) is 15.5 Å². The van der Waals surface area contributed by atoms with Gasteiger partial charge in [0, 0.05) is 11.9 Å². The lowest BCUT2D eigenvalue weighted by Gasteiger charge is -2.47. The van der Waals surface area contributed by atoms with Crippen LogP contribution in [0.25, 0.3) is 0 Å². The Morgan fingerprint density at radius 3 is 2.71 bits per heavy atom. The quantitative estimate of drug-likeness (QED) is 0.664. The third-order valence-corrected chi connectivity index (χ3v) is 8.79. The highest BCUT2D eigenvalue weighted by Gasteiger charge is 2.53. The van der Waals surface area contributed by atoms with Crippen LogP contribution in [0.1, 0.15) is 54.9 Å². The molecule has 0 bridgehead atoms. The molecule has 1 amide bonds. The van der Waals surface area contributed by atoms with Crippen molar-refractivity contribution in [2.45, 2.75) is 49.9 Å². The highest BCUT2D eigenvalue weighted by atomic mass is 32.2. The average Bonchev–Trinajstić information content (AvgIpc) is 3.18. The minimum absolute atomic E-state index is 0.0569. The first kappa shape index (κ1) is 21.4. The summed E-state index contributed by atoms with van der Waals surface area (Å²) < 4.78 is 50.5. The topological polar surface area (TPSA) is 117 Å². The zero-order valence-electron chi connectivity index (χ0n) is 17.1. The number of carbonyl (C=O) groups is 1. The van der Waals surface area contributed by atoms with E-state index in [2.05, 4.69) is 15.7 Å². The van der Waals surface area contributed by atoms with Gasteiger partial charge in [-0.05, 0) is 62.4 Å². The summed E-state index contributed by atoms with van der Waals surface area (Å²) in [7, 11) is -3.60. The number of halogens is 2. The lowest BCUT2D eigenvalue weighted by atomic mass is 9.76. The number of amides is 1. The molecule has 1 aliphatic carbocycles. The summed E-state index contributed by atoms with van der Waals surface area (Å²) in [6.07, 6.45) is 3.07. The van der Waals surface area contributed by atoms with Gasteiger partial charge in [0.05, 0.1) is 11.3 Å². The Morgan fingerprint density at radius 2 is 2.06 bits per heavy atom. The molecule has 1 aliphatic heterocycles. The number of fused-ring (bicyclic) bond motifs is 2. The zero-order valence-corrected chi connectivity index (χ0v) is 17.9. The number of benzene rings is 1. The normalized spacial score (nSPS) is 24.0. The van der Waals surface area contributed by atoms with E-state index in [1.807, 2.05) is 6.07 Å². The molecule has 1 fully saturated rings. The van der Waals surface area contributed by atoms with Gasteiger partial charge in [-0.1, -0.05) is 6.07 Å². The van der Waals surface area contributed by atoms with Crippen LogP contribution in [0.2, 0.25) is 0 Å². The maximum Gasteiger partial charge on any atom is 0.333 e. The van der Waals surface area contributed by atoms with Gasteiger partial charge < -0.3 is 10.6 Å². The SMILES string of the molecule is CC1(C)C(=N)N[C@@]2(CCCc3ccc(NC(=O)c4ccn(C(F)F)n4)cc32)CS1(=O)=O. The summed E-state index contributed by atoms with van der Waals surface area (Å²) in [6.45, 7) is 0.191. The second-order valence-electron chi connectivity index (χ2n) is 8.49. The van der Waals surface area contributed by atoms with Crippen LogP contribution in [0, 0.1) is 5.41 Å². The van der Waals surface area contributed by atoms with Gasteiger partial charge in [0.1, 0.15) is 10.6 Å². The van der Waals surface area contributed by atoms with Crippen molar-refractivity contribution in [3.63, 3.8) is 0 Å². The molecule has 1 atom stereocenters. The summed E-state index contributed by atoms with van der Waals surface area (Å²) in [5, 5.41) is 17.7. The zero-order chi connectivity index (χ0) is 22.6. The van der Waals surface area contributed by atoms with Crippen LogP contribution in [0.3, 0.4) is 0 Å². The molecular weight excluding hydrogens is 428 g/mol. The van der Waals surface area contributed by atoms with Gasteiger partial charge in [-0.15, -0.1) is 0 Å². The van der Waals surface area contributed by atoms with Crippen molar-refractivity contribution in [1.82, 2.24) is 15.1 Å². The molecule has 166 valence electrons. The number of aryl methyl sites for hydroxylation is 1. The molecule has 0 saturated carbocycles. The monoisotopic (exact) mass is 451 g/mol. The maximum atomic E-state index is 13.0. The van der Waals surface area contributed by atoms with Gasteiger partial charge in [-0.25, -0.2) is 13.1 Å². The number of alkyl halides is 2. The Morgan fingerprint density at radius 1 is 1.32 bits per heavy atom. The first-order chi connectivity index (χ1) is 14.4. The van der Waals surface area contributed by atoms with Crippen LogP contribution in [0.5, 0.6) is 0 Å². The number of nitrogens with zero attached hydrogens (tertiary/aromatic N) is 2. The number of hydrogen-bond donors (Lipinski definition) is 3. The Labute approximate surface area is 178 Å². The molecule has 4 rings (SSSR count). The molecule has 2 aliphatic rings. The van der Waals surface area contributed by atoms with E-state index in [0.29, 0.717) is 16.8 Å². The fourth-order valence-electron chi connectivity index (χ4n) is 4.16. The van der Waals surface area contributed by atoms with Crippen molar-refractivity contribution in [3.8, 4) is 0 Å². The lowest BCUT2D eigenvalue weighted by molar-refractivity contribution is 0.0561. The van der Waals surface area contributed by atoms with Crippen molar-refractivity contribution in [1.29, 1.82) is 5.41 Å². The highest BCUT2D eigenvalue weighted by Crippen LogP contribution is 2.42. The lowest BCUT2D eigenvalue weighted by Crippen LogP contribution is -2.65. The van der Waals surface area contributed by atoms with Crippen molar-refractivity contribution in [2.24, 2.45) is 0 Å². The molecule has 0 radical (unpaired) electrons. The number of rotatable bonds is 3. The van der Waals surface area contributed by atoms with Crippen molar-refractivity contribution >= 4 is 27.3 Å². The number of aromatic nitrogens is 2. The number of nitrogens with one attached hydrogen (secondary N) is 3. The summed E-state index contributed by atoms with van der Waals surface area (Å²) in [4.78, 5) is 12.4. The molecule has 1 saturated heterocycles. The first-order valence-corrected chi connectivity index (χ1v) is 11.5. The van der Waals surface area contributed by atoms with E-state index in [-0.39, 0.29) is 17.3 Å². The van der Waals surface area contributed by atoms with E-state index in [0.717, 1.165) is 30.2 Å². The molecule has 2 heterocycles. The molecule has 1 spiro atoms. The van der Waals surface area contributed by atoms with E-state index in [9.17, 15) is 22.0 Å². The second-order valence-corrected chi connectivity index (χ2v) is 11.0. The van der Waals surface area contributed by atoms with Crippen LogP contribution in [-0.2, 0) is 21.8 Å². The molecule has 1 aromatic heterocycles.